The molecule has 0 aliphatic heterocycles. The van der Waals surface area contributed by atoms with Gasteiger partial charge in [0, 0.05) is 24.6 Å². The van der Waals surface area contributed by atoms with Crippen LogP contribution >= 0.6 is 0 Å². The summed E-state index contributed by atoms with van der Waals surface area (Å²) < 4.78 is 16.6. The molecule has 9 nitrogen and oxygen atoms in total. The van der Waals surface area contributed by atoms with Crippen LogP contribution in [0.1, 0.15) is 27.7 Å². The molecule has 0 radical (unpaired) electrons. The first-order valence-electron chi connectivity index (χ1n) is 11.8. The van der Waals surface area contributed by atoms with Crippen molar-refractivity contribution >= 4 is 17.5 Å². The Balaban J connectivity index is 1.87. The van der Waals surface area contributed by atoms with Gasteiger partial charge in [0.25, 0.3) is 5.91 Å². The third kappa shape index (κ3) is 5.73. The minimum absolute atomic E-state index is 0.0876. The van der Waals surface area contributed by atoms with Crippen LogP contribution in [0.3, 0.4) is 0 Å². The Labute approximate surface area is 221 Å². The zero-order valence-corrected chi connectivity index (χ0v) is 21.3. The van der Waals surface area contributed by atoms with Gasteiger partial charge in [-0.05, 0) is 35.4 Å². The van der Waals surface area contributed by atoms with E-state index in [1.807, 2.05) is 36.4 Å². The van der Waals surface area contributed by atoms with Crippen molar-refractivity contribution in [2.24, 2.45) is 0 Å². The number of methoxy groups -OCH3 is 3. The first-order valence-corrected chi connectivity index (χ1v) is 11.8. The van der Waals surface area contributed by atoms with Gasteiger partial charge in [0.15, 0.2) is 11.5 Å². The zero-order valence-electron chi connectivity index (χ0n) is 21.3. The largest absolute Gasteiger partial charge is 0.493 e. The van der Waals surface area contributed by atoms with Gasteiger partial charge in [-0.25, -0.2) is 4.98 Å². The number of nitrogens with zero attached hydrogens (tertiary/aromatic N) is 3. The molecule has 1 N–H and O–H groups in total. The fourth-order valence-corrected chi connectivity index (χ4v) is 4.06. The lowest BCUT2D eigenvalue weighted by molar-refractivity contribution is -0.122. The van der Waals surface area contributed by atoms with Crippen LogP contribution < -0.4 is 24.4 Å². The zero-order chi connectivity index (χ0) is 26.9. The topological polar surface area (TPSA) is 103 Å². The van der Waals surface area contributed by atoms with Crippen LogP contribution in [0.2, 0.25) is 0 Å². The van der Waals surface area contributed by atoms with Gasteiger partial charge >= 0.3 is 0 Å². The van der Waals surface area contributed by atoms with Gasteiger partial charge in [-0.3, -0.25) is 19.5 Å². The standard InChI is InChI=1S/C29H28N4O5/c1-36-24-16-21(17-25(37-2)27(24)38-3)26(28(34)32-18-20-10-6-4-7-11-20)33(22-12-8-5-9-13-22)29(35)23-19-30-14-15-31-23/h4-17,19,26H,18H2,1-3H3,(H,32,34). The van der Waals surface area contributed by atoms with E-state index in [1.54, 1.807) is 36.4 Å². The molecular formula is C29H28N4O5. The maximum atomic E-state index is 14.0. The summed E-state index contributed by atoms with van der Waals surface area (Å²) in [6.45, 7) is 0.266. The van der Waals surface area contributed by atoms with E-state index in [2.05, 4.69) is 15.3 Å². The number of nitrogens with one attached hydrogen (secondary N) is 1. The van der Waals surface area contributed by atoms with Crippen LogP contribution in [-0.4, -0.2) is 43.1 Å². The van der Waals surface area contributed by atoms with Gasteiger partial charge in [-0.1, -0.05) is 48.5 Å². The number of aromatic nitrogens is 2. The third-order valence-corrected chi connectivity index (χ3v) is 5.85. The molecule has 2 amide bonds. The lowest BCUT2D eigenvalue weighted by atomic mass is 10.0. The summed E-state index contributed by atoms with van der Waals surface area (Å²) in [5.41, 5.74) is 1.95. The first-order chi connectivity index (χ1) is 18.6. The molecule has 3 aromatic carbocycles. The van der Waals surface area contributed by atoms with Crippen molar-refractivity contribution in [2.75, 3.05) is 26.2 Å². The monoisotopic (exact) mass is 512 g/mol. The number of benzene rings is 3. The molecule has 0 bridgehead atoms. The molecule has 0 aliphatic carbocycles. The number of hydrogen-bond donors (Lipinski definition) is 1. The highest BCUT2D eigenvalue weighted by Gasteiger charge is 2.35. The molecule has 0 saturated heterocycles. The maximum Gasteiger partial charge on any atom is 0.279 e. The third-order valence-electron chi connectivity index (χ3n) is 5.85. The van der Waals surface area contributed by atoms with Crippen molar-refractivity contribution in [1.82, 2.24) is 15.3 Å². The van der Waals surface area contributed by atoms with Crippen molar-refractivity contribution in [2.45, 2.75) is 12.6 Å². The normalized spacial score (nSPS) is 11.2. The Bertz CT molecular complexity index is 1340. The maximum absolute atomic E-state index is 14.0. The van der Waals surface area contributed by atoms with Gasteiger partial charge in [-0.15, -0.1) is 0 Å². The summed E-state index contributed by atoms with van der Waals surface area (Å²) in [5.74, 6) is 0.154. The average Bonchev–Trinajstić information content (AvgIpc) is 2.98. The van der Waals surface area contributed by atoms with Crippen LogP contribution in [0.4, 0.5) is 5.69 Å². The van der Waals surface area contributed by atoms with Crippen molar-refractivity contribution in [3.63, 3.8) is 0 Å². The molecule has 1 aromatic heterocycles. The number of rotatable bonds is 10. The molecule has 1 heterocycles. The molecule has 9 heteroatoms. The summed E-state index contributed by atoms with van der Waals surface area (Å²) in [6, 6.07) is 20.6. The minimum atomic E-state index is -1.12. The summed E-state index contributed by atoms with van der Waals surface area (Å²) >= 11 is 0. The fraction of sp³-hybridized carbons (Fsp3) is 0.172. The van der Waals surface area contributed by atoms with E-state index in [0.29, 0.717) is 28.5 Å². The van der Waals surface area contributed by atoms with E-state index in [9.17, 15) is 9.59 Å². The van der Waals surface area contributed by atoms with Crippen LogP contribution in [0, 0.1) is 0 Å². The molecule has 1 unspecified atom stereocenters. The van der Waals surface area contributed by atoms with E-state index < -0.39 is 17.9 Å². The second-order valence-electron chi connectivity index (χ2n) is 8.17. The summed E-state index contributed by atoms with van der Waals surface area (Å²) in [7, 11) is 4.48. The van der Waals surface area contributed by atoms with Crippen molar-refractivity contribution < 1.29 is 23.8 Å². The van der Waals surface area contributed by atoms with E-state index in [4.69, 9.17) is 14.2 Å². The average molecular weight is 513 g/mol. The summed E-state index contributed by atoms with van der Waals surface area (Å²) in [6.07, 6.45) is 4.28. The second kappa shape index (κ2) is 12.4. The molecule has 38 heavy (non-hydrogen) atoms. The highest BCUT2D eigenvalue weighted by Crippen LogP contribution is 2.41. The molecule has 0 aliphatic rings. The lowest BCUT2D eigenvalue weighted by Crippen LogP contribution is -2.44. The number of carbonyl (C=O) groups is 2. The Kier molecular flexibility index (Phi) is 8.50. The van der Waals surface area contributed by atoms with E-state index in [0.717, 1.165) is 5.56 Å². The highest BCUT2D eigenvalue weighted by molar-refractivity contribution is 6.09. The molecule has 0 spiro atoms. The summed E-state index contributed by atoms with van der Waals surface area (Å²) in [4.78, 5) is 37.5. The smallest absolute Gasteiger partial charge is 0.279 e. The lowest BCUT2D eigenvalue weighted by Gasteiger charge is -2.32. The Morgan fingerprint density at radius 3 is 2.05 bits per heavy atom. The second-order valence-corrected chi connectivity index (χ2v) is 8.17. The highest BCUT2D eigenvalue weighted by atomic mass is 16.5. The fourth-order valence-electron chi connectivity index (χ4n) is 4.06. The van der Waals surface area contributed by atoms with Crippen LogP contribution in [0.5, 0.6) is 17.2 Å². The summed E-state index contributed by atoms with van der Waals surface area (Å²) in [5, 5.41) is 2.98. The SMILES string of the molecule is COc1cc(C(C(=O)NCc2ccccc2)N(C(=O)c2cnccn2)c2ccccc2)cc(OC)c1OC. The Morgan fingerprint density at radius 1 is 0.868 bits per heavy atom. The predicted molar refractivity (Wildman–Crippen MR) is 142 cm³/mol. The van der Waals surface area contributed by atoms with Crippen LogP contribution in [0.25, 0.3) is 0 Å². The molecular weight excluding hydrogens is 484 g/mol. The molecule has 4 aromatic rings. The van der Waals surface area contributed by atoms with Crippen molar-refractivity contribution in [3.8, 4) is 17.2 Å². The predicted octanol–water partition coefficient (Wildman–Crippen LogP) is 4.21. The molecule has 4 rings (SSSR count). The molecule has 0 saturated carbocycles. The Morgan fingerprint density at radius 2 is 1.50 bits per heavy atom. The number of anilines is 1. The number of hydrogen-bond acceptors (Lipinski definition) is 7. The quantitative estimate of drug-likeness (QED) is 0.340. The number of amides is 2. The van der Waals surface area contributed by atoms with Gasteiger partial charge in [0.05, 0.1) is 27.5 Å². The van der Waals surface area contributed by atoms with E-state index in [-0.39, 0.29) is 12.2 Å². The number of para-hydroxylation sites is 1. The Hall–Kier alpha value is -4.92. The molecule has 1 atom stereocenters. The van der Waals surface area contributed by atoms with Gasteiger partial charge in [-0.2, -0.15) is 0 Å². The van der Waals surface area contributed by atoms with E-state index in [1.165, 1.54) is 44.8 Å². The first kappa shape index (κ1) is 26.2. The number of carbonyl (C=O) groups excluding carboxylic acids is 2. The van der Waals surface area contributed by atoms with E-state index >= 15 is 0 Å². The van der Waals surface area contributed by atoms with Gasteiger partial charge in [0.1, 0.15) is 11.7 Å². The molecule has 0 fully saturated rings. The van der Waals surface area contributed by atoms with Crippen molar-refractivity contribution in [3.05, 3.63) is 108 Å². The van der Waals surface area contributed by atoms with Crippen LogP contribution in [0.15, 0.2) is 91.4 Å². The van der Waals surface area contributed by atoms with Gasteiger partial charge < -0.3 is 19.5 Å². The minimum Gasteiger partial charge on any atom is -0.493 e. The van der Waals surface area contributed by atoms with Crippen LogP contribution in [-0.2, 0) is 11.3 Å². The number of ether oxygens (including phenoxy) is 3. The van der Waals surface area contributed by atoms with Gasteiger partial charge in [0.2, 0.25) is 11.7 Å². The molecule has 194 valence electrons. The van der Waals surface area contributed by atoms with Crippen molar-refractivity contribution in [1.29, 1.82) is 0 Å².